The highest BCUT2D eigenvalue weighted by molar-refractivity contribution is 5.66. The Balaban J connectivity index is 3.73. The number of hydrogen-bond acceptors (Lipinski definition) is 1. The van der Waals surface area contributed by atoms with Crippen LogP contribution in [-0.2, 0) is 23.3 Å². The van der Waals surface area contributed by atoms with Gasteiger partial charge in [-0.05, 0) is 30.0 Å². The van der Waals surface area contributed by atoms with Gasteiger partial charge in [-0.1, -0.05) is 6.92 Å². The molecule has 0 fully saturated rings. The minimum Gasteiger partial charge on any atom is -0.481 e. The Labute approximate surface area is 135 Å². The van der Waals surface area contributed by atoms with Crippen LogP contribution in [0.1, 0.15) is 47.9 Å². The van der Waals surface area contributed by atoms with Crippen LogP contribution in [0.5, 0.6) is 0 Å². The van der Waals surface area contributed by atoms with Crippen molar-refractivity contribution in [2.75, 3.05) is 0 Å². The maximum Gasteiger partial charge on any atom is 0.416 e. The van der Waals surface area contributed by atoms with Gasteiger partial charge in [0.2, 0.25) is 0 Å². The van der Waals surface area contributed by atoms with Crippen LogP contribution in [0, 0.1) is 0 Å². The lowest BCUT2D eigenvalue weighted by Crippen LogP contribution is -2.21. The van der Waals surface area contributed by atoms with E-state index in [-0.39, 0.29) is 12.1 Å². The molecule has 142 valence electrons. The summed E-state index contributed by atoms with van der Waals surface area (Å²) in [6.07, 6.45) is -17.7. The lowest BCUT2D eigenvalue weighted by Gasteiger charge is -2.24. The number of alkyl halides is 9. The molecule has 0 heterocycles. The number of hydrogen-bond donors (Lipinski definition) is 1. The Hall–Kier alpha value is -1.94. The van der Waals surface area contributed by atoms with E-state index in [4.69, 9.17) is 5.11 Å². The molecular weight excluding hydrogens is 371 g/mol. The Morgan fingerprint density at radius 1 is 0.920 bits per heavy atom. The molecule has 1 aromatic rings. The van der Waals surface area contributed by atoms with Crippen molar-refractivity contribution in [1.82, 2.24) is 0 Å². The average molecular weight is 382 g/mol. The fourth-order valence-corrected chi connectivity index (χ4v) is 2.30. The summed E-state index contributed by atoms with van der Waals surface area (Å²) in [5, 5.41) is 8.53. The van der Waals surface area contributed by atoms with Crippen LogP contribution in [0.25, 0.3) is 0 Å². The van der Waals surface area contributed by atoms with E-state index in [2.05, 4.69) is 0 Å². The van der Waals surface area contributed by atoms with Crippen molar-refractivity contribution in [2.45, 2.75) is 44.2 Å². The highest BCUT2D eigenvalue weighted by atomic mass is 19.4. The second-order valence-corrected chi connectivity index (χ2v) is 5.31. The third kappa shape index (κ3) is 5.27. The van der Waals surface area contributed by atoms with Gasteiger partial charge in [0.05, 0.1) is 16.7 Å². The highest BCUT2D eigenvalue weighted by Gasteiger charge is 2.45. The molecule has 1 unspecified atom stereocenters. The number of rotatable bonds is 4. The summed E-state index contributed by atoms with van der Waals surface area (Å²) in [6, 6.07) is -0.774. The van der Waals surface area contributed by atoms with E-state index in [1.54, 1.807) is 0 Å². The molecule has 0 spiro atoms. The fraction of sp³-hybridized carbons (Fsp3) is 0.500. The van der Waals surface area contributed by atoms with Crippen LogP contribution < -0.4 is 0 Å². The molecule has 0 aliphatic rings. The van der Waals surface area contributed by atoms with Gasteiger partial charge in [0.15, 0.2) is 0 Å². The van der Waals surface area contributed by atoms with Crippen molar-refractivity contribution >= 4 is 5.97 Å². The van der Waals surface area contributed by atoms with Gasteiger partial charge in [0.25, 0.3) is 0 Å². The normalized spacial score (nSPS) is 14.5. The molecule has 1 atom stereocenters. The van der Waals surface area contributed by atoms with Crippen LogP contribution in [0.2, 0.25) is 0 Å². The molecule has 0 radical (unpaired) electrons. The first-order valence-electron chi connectivity index (χ1n) is 6.66. The molecule has 1 N–H and O–H groups in total. The second-order valence-electron chi connectivity index (χ2n) is 5.31. The van der Waals surface area contributed by atoms with Gasteiger partial charge in [0.1, 0.15) is 0 Å². The standard InChI is InChI=1S/C14H11F9O2/c1-6(2-3-10(24)25)11-8(13(18,19)20)4-7(12(15,16)17)5-9(11)14(21,22)23/h4-6H,2-3H2,1H3,(H,24,25). The minimum atomic E-state index is -5.48. The summed E-state index contributed by atoms with van der Waals surface area (Å²) in [6.45, 7) is 0.899. The van der Waals surface area contributed by atoms with Crippen LogP contribution in [0.3, 0.4) is 0 Å². The number of aliphatic carboxylic acids is 1. The molecule has 0 aliphatic carbocycles. The Bertz CT molecular complexity index is 606. The summed E-state index contributed by atoms with van der Waals surface area (Å²) < 4.78 is 117. The molecule has 0 saturated carbocycles. The van der Waals surface area contributed by atoms with Gasteiger partial charge in [-0.3, -0.25) is 4.79 Å². The summed E-state index contributed by atoms with van der Waals surface area (Å²) in [5.41, 5.74) is -7.63. The van der Waals surface area contributed by atoms with E-state index in [0.717, 1.165) is 6.92 Å². The van der Waals surface area contributed by atoms with E-state index in [0.29, 0.717) is 0 Å². The smallest absolute Gasteiger partial charge is 0.416 e. The molecule has 0 aromatic heterocycles. The Morgan fingerprint density at radius 3 is 1.60 bits per heavy atom. The molecule has 1 aromatic carbocycles. The van der Waals surface area contributed by atoms with E-state index in [1.165, 1.54) is 0 Å². The molecule has 2 nitrogen and oxygen atoms in total. The molecule has 11 heteroatoms. The van der Waals surface area contributed by atoms with Crippen LogP contribution in [-0.4, -0.2) is 11.1 Å². The second kappa shape index (κ2) is 6.75. The van der Waals surface area contributed by atoms with Crippen molar-refractivity contribution in [3.63, 3.8) is 0 Å². The predicted molar refractivity (Wildman–Crippen MR) is 66.7 cm³/mol. The Kier molecular flexibility index (Phi) is 5.70. The third-order valence-corrected chi connectivity index (χ3v) is 3.40. The van der Waals surface area contributed by atoms with E-state index in [1.807, 2.05) is 0 Å². The van der Waals surface area contributed by atoms with Gasteiger partial charge in [-0.2, -0.15) is 39.5 Å². The predicted octanol–water partition coefficient (Wildman–Crippen LogP) is 5.71. The van der Waals surface area contributed by atoms with Crippen molar-refractivity contribution in [3.8, 4) is 0 Å². The molecule has 0 aliphatic heterocycles. The quantitative estimate of drug-likeness (QED) is 0.678. The number of benzene rings is 1. The molecule has 0 bridgehead atoms. The van der Waals surface area contributed by atoms with Crippen molar-refractivity contribution < 1.29 is 49.4 Å². The fourth-order valence-electron chi connectivity index (χ4n) is 2.30. The van der Waals surface area contributed by atoms with Crippen molar-refractivity contribution in [3.05, 3.63) is 34.4 Å². The largest absolute Gasteiger partial charge is 0.481 e. The zero-order valence-corrected chi connectivity index (χ0v) is 12.4. The summed E-state index contributed by atoms with van der Waals surface area (Å²) in [7, 11) is 0. The summed E-state index contributed by atoms with van der Waals surface area (Å²) in [5.74, 6) is -3.03. The number of halogens is 9. The van der Waals surface area contributed by atoms with Crippen molar-refractivity contribution in [1.29, 1.82) is 0 Å². The van der Waals surface area contributed by atoms with Gasteiger partial charge in [0, 0.05) is 6.42 Å². The maximum absolute atomic E-state index is 13.1. The Morgan fingerprint density at radius 2 is 1.32 bits per heavy atom. The molecule has 0 saturated heterocycles. The van der Waals surface area contributed by atoms with Gasteiger partial charge >= 0.3 is 24.5 Å². The van der Waals surface area contributed by atoms with Gasteiger partial charge in [-0.25, -0.2) is 0 Å². The number of carboxylic acids is 1. The molecule has 0 amide bonds. The topological polar surface area (TPSA) is 37.3 Å². The zero-order valence-electron chi connectivity index (χ0n) is 12.4. The zero-order chi connectivity index (χ0) is 19.8. The van der Waals surface area contributed by atoms with E-state index >= 15 is 0 Å². The highest BCUT2D eigenvalue weighted by Crippen LogP contribution is 2.46. The van der Waals surface area contributed by atoms with Gasteiger partial charge < -0.3 is 5.11 Å². The number of carboxylic acid groups (broad SMARTS) is 1. The lowest BCUT2D eigenvalue weighted by atomic mass is 9.86. The van der Waals surface area contributed by atoms with Crippen LogP contribution >= 0.6 is 0 Å². The lowest BCUT2D eigenvalue weighted by molar-refractivity contribution is -0.149. The average Bonchev–Trinajstić information content (AvgIpc) is 2.40. The van der Waals surface area contributed by atoms with E-state index < -0.39 is 65.5 Å². The monoisotopic (exact) mass is 382 g/mol. The first kappa shape index (κ1) is 21.1. The number of carbonyl (C=O) groups is 1. The minimum absolute atomic E-state index is 0.387. The van der Waals surface area contributed by atoms with Crippen LogP contribution in [0.15, 0.2) is 12.1 Å². The first-order chi connectivity index (χ1) is 11.0. The molecular formula is C14H11F9O2. The van der Waals surface area contributed by atoms with E-state index in [9.17, 15) is 44.3 Å². The molecule has 1 rings (SSSR count). The SMILES string of the molecule is CC(CCC(=O)O)c1c(C(F)(F)F)cc(C(F)(F)F)cc1C(F)(F)F. The first-order valence-corrected chi connectivity index (χ1v) is 6.66. The molecule has 25 heavy (non-hydrogen) atoms. The third-order valence-electron chi connectivity index (χ3n) is 3.40. The van der Waals surface area contributed by atoms with Crippen molar-refractivity contribution in [2.24, 2.45) is 0 Å². The summed E-state index contributed by atoms with van der Waals surface area (Å²) in [4.78, 5) is 10.5. The maximum atomic E-state index is 13.1. The van der Waals surface area contributed by atoms with Crippen LogP contribution in [0.4, 0.5) is 39.5 Å². The summed E-state index contributed by atoms with van der Waals surface area (Å²) >= 11 is 0. The van der Waals surface area contributed by atoms with Gasteiger partial charge in [-0.15, -0.1) is 0 Å².